The van der Waals surface area contributed by atoms with Crippen LogP contribution in [0.3, 0.4) is 0 Å². The van der Waals surface area contributed by atoms with Crippen molar-refractivity contribution < 1.29 is 9.47 Å². The molecule has 0 aliphatic carbocycles. The predicted molar refractivity (Wildman–Crippen MR) is 64.2 cm³/mol. The zero-order valence-electron chi connectivity index (χ0n) is 8.14. The van der Waals surface area contributed by atoms with Crippen molar-refractivity contribution in [3.8, 4) is 11.5 Å². The van der Waals surface area contributed by atoms with E-state index in [-0.39, 0.29) is 0 Å². The van der Waals surface area contributed by atoms with Crippen molar-refractivity contribution in [1.29, 1.82) is 0 Å². The molecule has 0 spiro atoms. The smallest absolute Gasteiger partial charge is 0.134 e. The van der Waals surface area contributed by atoms with E-state index >= 15 is 0 Å². The molecule has 0 aliphatic rings. The lowest BCUT2D eigenvalue weighted by molar-refractivity contribution is 0.314. The summed E-state index contributed by atoms with van der Waals surface area (Å²) < 4.78 is 12.5. The number of benzene rings is 1. The summed E-state index contributed by atoms with van der Waals surface area (Å²) in [6.07, 6.45) is 0.996. The second-order valence-electron chi connectivity index (χ2n) is 2.77. The van der Waals surface area contributed by atoms with Crippen molar-refractivity contribution in [3.05, 3.63) is 21.1 Å². The molecule has 0 unspecified atom stereocenters. The Balaban J connectivity index is 2.90. The molecule has 1 aromatic carbocycles. The van der Waals surface area contributed by atoms with E-state index in [1.165, 1.54) is 0 Å². The van der Waals surface area contributed by atoms with Gasteiger partial charge in [0, 0.05) is 0 Å². The van der Waals surface area contributed by atoms with Gasteiger partial charge >= 0.3 is 0 Å². The van der Waals surface area contributed by atoms with E-state index in [9.17, 15) is 0 Å². The third kappa shape index (κ3) is 2.89. The largest absolute Gasteiger partial charge is 0.496 e. The van der Waals surface area contributed by atoms with E-state index in [2.05, 4.69) is 38.8 Å². The topological polar surface area (TPSA) is 18.5 Å². The Morgan fingerprint density at radius 2 is 1.71 bits per heavy atom. The number of rotatable bonds is 4. The molecule has 2 nitrogen and oxygen atoms in total. The average Bonchev–Trinajstić information content (AvgIpc) is 2.18. The molecule has 0 saturated carbocycles. The lowest BCUT2D eigenvalue weighted by atomic mass is 10.3. The summed E-state index contributed by atoms with van der Waals surface area (Å²) in [5, 5.41) is 0. The van der Waals surface area contributed by atoms with E-state index in [1.54, 1.807) is 7.11 Å². The maximum Gasteiger partial charge on any atom is 0.134 e. The summed E-state index contributed by atoms with van der Waals surface area (Å²) in [6.45, 7) is 2.80. The molecule has 4 heteroatoms. The molecule has 0 heterocycles. The van der Waals surface area contributed by atoms with E-state index < -0.39 is 0 Å². The summed E-state index contributed by atoms with van der Waals surface area (Å²) in [4.78, 5) is 0. The minimum atomic E-state index is 0.720. The van der Waals surface area contributed by atoms with Gasteiger partial charge in [-0.05, 0) is 50.4 Å². The SMILES string of the molecule is CCCOc1cc(Br)c(OC)cc1Br. The van der Waals surface area contributed by atoms with Crippen LogP contribution >= 0.6 is 31.9 Å². The van der Waals surface area contributed by atoms with Gasteiger partial charge < -0.3 is 9.47 Å². The van der Waals surface area contributed by atoms with Crippen molar-refractivity contribution in [1.82, 2.24) is 0 Å². The monoisotopic (exact) mass is 322 g/mol. The maximum atomic E-state index is 5.53. The quantitative estimate of drug-likeness (QED) is 0.833. The molecule has 0 amide bonds. The third-order valence-electron chi connectivity index (χ3n) is 1.67. The molecule has 78 valence electrons. The minimum absolute atomic E-state index is 0.720. The predicted octanol–water partition coefficient (Wildman–Crippen LogP) is 4.01. The fraction of sp³-hybridized carbons (Fsp3) is 0.400. The number of methoxy groups -OCH3 is 1. The molecule has 0 N–H and O–H groups in total. The van der Waals surface area contributed by atoms with Gasteiger partial charge in [0.15, 0.2) is 0 Å². The Kier molecular flexibility index (Phi) is 4.75. The number of hydrogen-bond donors (Lipinski definition) is 0. The molecule has 0 radical (unpaired) electrons. The van der Waals surface area contributed by atoms with E-state index in [4.69, 9.17) is 9.47 Å². The van der Waals surface area contributed by atoms with Crippen LogP contribution in [0.25, 0.3) is 0 Å². The first-order chi connectivity index (χ1) is 6.69. The molecule has 0 aromatic heterocycles. The zero-order chi connectivity index (χ0) is 10.6. The highest BCUT2D eigenvalue weighted by molar-refractivity contribution is 9.11. The van der Waals surface area contributed by atoms with Crippen LogP contribution in [0.1, 0.15) is 13.3 Å². The molecule has 0 atom stereocenters. The summed E-state index contributed by atoms with van der Waals surface area (Å²) in [6, 6.07) is 3.79. The van der Waals surface area contributed by atoms with Crippen LogP contribution in [0.2, 0.25) is 0 Å². The van der Waals surface area contributed by atoms with Gasteiger partial charge in [-0.25, -0.2) is 0 Å². The highest BCUT2D eigenvalue weighted by Gasteiger charge is 2.07. The highest BCUT2D eigenvalue weighted by Crippen LogP contribution is 2.35. The van der Waals surface area contributed by atoms with Crippen molar-refractivity contribution in [2.45, 2.75) is 13.3 Å². The minimum Gasteiger partial charge on any atom is -0.496 e. The van der Waals surface area contributed by atoms with Crippen LogP contribution in [0, 0.1) is 0 Å². The lowest BCUT2D eigenvalue weighted by Gasteiger charge is -2.10. The Labute approximate surface area is 101 Å². The van der Waals surface area contributed by atoms with Crippen molar-refractivity contribution >= 4 is 31.9 Å². The summed E-state index contributed by atoms with van der Waals surface area (Å²) in [7, 11) is 1.64. The number of hydrogen-bond acceptors (Lipinski definition) is 2. The van der Waals surface area contributed by atoms with Crippen LogP contribution in [0.4, 0.5) is 0 Å². The average molecular weight is 324 g/mol. The van der Waals surface area contributed by atoms with E-state index in [0.717, 1.165) is 33.5 Å². The van der Waals surface area contributed by atoms with Gasteiger partial charge in [0.25, 0.3) is 0 Å². The van der Waals surface area contributed by atoms with Gasteiger partial charge in [0.1, 0.15) is 11.5 Å². The Bertz CT molecular complexity index is 313. The van der Waals surface area contributed by atoms with Crippen LogP contribution in [0.5, 0.6) is 11.5 Å². The summed E-state index contributed by atoms with van der Waals surface area (Å²) in [5.74, 6) is 1.63. The van der Waals surface area contributed by atoms with Crippen LogP contribution in [0.15, 0.2) is 21.1 Å². The number of halogens is 2. The number of ether oxygens (including phenoxy) is 2. The molecule has 1 aromatic rings. The molecule has 0 aliphatic heterocycles. The standard InChI is InChI=1S/C10H12Br2O2/c1-3-4-14-10-6-7(11)9(13-2)5-8(10)12/h5-6H,3-4H2,1-2H3. The molecular formula is C10H12Br2O2. The molecule has 0 saturated heterocycles. The lowest BCUT2D eigenvalue weighted by Crippen LogP contribution is -1.96. The van der Waals surface area contributed by atoms with Crippen molar-refractivity contribution in [3.63, 3.8) is 0 Å². The Morgan fingerprint density at radius 1 is 1.14 bits per heavy atom. The van der Waals surface area contributed by atoms with Gasteiger partial charge in [0.05, 0.1) is 22.7 Å². The molecule has 0 bridgehead atoms. The van der Waals surface area contributed by atoms with Crippen LogP contribution in [-0.2, 0) is 0 Å². The molecule has 14 heavy (non-hydrogen) atoms. The first-order valence-corrected chi connectivity index (χ1v) is 5.93. The first kappa shape index (κ1) is 11.9. The van der Waals surface area contributed by atoms with Gasteiger partial charge in [-0.3, -0.25) is 0 Å². The fourth-order valence-electron chi connectivity index (χ4n) is 0.989. The second-order valence-corrected chi connectivity index (χ2v) is 4.47. The van der Waals surface area contributed by atoms with Gasteiger partial charge in [0.2, 0.25) is 0 Å². The summed E-state index contributed by atoms with van der Waals surface area (Å²) >= 11 is 6.83. The molecule has 1 rings (SSSR count). The summed E-state index contributed by atoms with van der Waals surface area (Å²) in [5.41, 5.74) is 0. The van der Waals surface area contributed by atoms with Gasteiger partial charge in [-0.2, -0.15) is 0 Å². The molecular weight excluding hydrogens is 312 g/mol. The van der Waals surface area contributed by atoms with E-state index in [0.29, 0.717) is 0 Å². The fourth-order valence-corrected chi connectivity index (χ4v) is 1.91. The van der Waals surface area contributed by atoms with Crippen LogP contribution in [-0.4, -0.2) is 13.7 Å². The van der Waals surface area contributed by atoms with Crippen molar-refractivity contribution in [2.75, 3.05) is 13.7 Å². The van der Waals surface area contributed by atoms with Crippen LogP contribution < -0.4 is 9.47 Å². The van der Waals surface area contributed by atoms with E-state index in [1.807, 2.05) is 12.1 Å². The Hall–Kier alpha value is -0.220. The Morgan fingerprint density at radius 3 is 2.29 bits per heavy atom. The zero-order valence-corrected chi connectivity index (χ0v) is 11.3. The highest BCUT2D eigenvalue weighted by atomic mass is 79.9. The maximum absolute atomic E-state index is 5.53. The van der Waals surface area contributed by atoms with Gasteiger partial charge in [-0.1, -0.05) is 6.92 Å². The van der Waals surface area contributed by atoms with Gasteiger partial charge in [-0.15, -0.1) is 0 Å². The second kappa shape index (κ2) is 5.61. The van der Waals surface area contributed by atoms with Crippen molar-refractivity contribution in [2.24, 2.45) is 0 Å². The third-order valence-corrected chi connectivity index (χ3v) is 2.91. The normalized spacial score (nSPS) is 10.0. The first-order valence-electron chi connectivity index (χ1n) is 4.34. The molecule has 0 fully saturated rings.